The van der Waals surface area contributed by atoms with Crippen LogP contribution in [0.3, 0.4) is 0 Å². The first-order chi connectivity index (χ1) is 10.8. The van der Waals surface area contributed by atoms with Gasteiger partial charge in [0.25, 0.3) is 0 Å². The highest BCUT2D eigenvalue weighted by Gasteiger charge is 2.24. The standard InChI is InChI=1S/C17H38O4S2/c1-4-6-8-10-12-14-16-22(3,21-23(18,19)20)17-15-13-11-9-7-5-2/h4-17H2,1-3H3,(H,18,19,20). The Morgan fingerprint density at radius 3 is 1.39 bits per heavy atom. The average molecular weight is 371 g/mol. The van der Waals surface area contributed by atoms with Crippen LogP contribution >= 0.6 is 10.3 Å². The van der Waals surface area contributed by atoms with E-state index < -0.39 is 20.7 Å². The number of rotatable bonds is 16. The van der Waals surface area contributed by atoms with E-state index in [0.717, 1.165) is 37.2 Å². The molecule has 23 heavy (non-hydrogen) atoms. The molecule has 0 radical (unpaired) electrons. The molecule has 0 fully saturated rings. The SMILES string of the molecule is CCCCCCCCS(C)(CCCCCCCC)OS(=O)(=O)O. The predicted molar refractivity (Wildman–Crippen MR) is 103 cm³/mol. The summed E-state index contributed by atoms with van der Waals surface area (Å²) >= 11 is 0. The summed E-state index contributed by atoms with van der Waals surface area (Å²) in [4.78, 5) is 0. The van der Waals surface area contributed by atoms with Gasteiger partial charge in [-0.15, -0.1) is 10.3 Å². The molecular weight excluding hydrogens is 332 g/mol. The van der Waals surface area contributed by atoms with Crippen LogP contribution in [0.25, 0.3) is 0 Å². The molecule has 0 heterocycles. The Hall–Kier alpha value is 0.220. The van der Waals surface area contributed by atoms with Gasteiger partial charge in [-0.25, -0.2) is 0 Å². The van der Waals surface area contributed by atoms with Crippen molar-refractivity contribution in [1.82, 2.24) is 0 Å². The van der Waals surface area contributed by atoms with Crippen molar-refractivity contribution in [2.24, 2.45) is 0 Å². The Bertz CT molecular complexity index is 353. The summed E-state index contributed by atoms with van der Waals surface area (Å²) in [6.45, 7) is 4.39. The lowest BCUT2D eigenvalue weighted by atomic mass is 10.1. The van der Waals surface area contributed by atoms with Gasteiger partial charge in [0.15, 0.2) is 0 Å². The molecule has 0 aliphatic heterocycles. The molecule has 0 spiro atoms. The molecule has 0 amide bonds. The Balaban J connectivity index is 4.14. The van der Waals surface area contributed by atoms with Crippen molar-refractivity contribution in [2.45, 2.75) is 90.9 Å². The van der Waals surface area contributed by atoms with Gasteiger partial charge in [0, 0.05) is 11.5 Å². The first-order valence-corrected chi connectivity index (χ1v) is 12.9. The minimum Gasteiger partial charge on any atom is -0.263 e. The van der Waals surface area contributed by atoms with Gasteiger partial charge in [0.2, 0.25) is 0 Å². The third kappa shape index (κ3) is 15.5. The zero-order chi connectivity index (χ0) is 17.6. The van der Waals surface area contributed by atoms with Gasteiger partial charge < -0.3 is 0 Å². The summed E-state index contributed by atoms with van der Waals surface area (Å²) in [6.07, 6.45) is 16.0. The molecule has 6 heteroatoms. The Kier molecular flexibility index (Phi) is 13.6. The molecule has 0 aromatic heterocycles. The quantitative estimate of drug-likeness (QED) is 0.272. The Morgan fingerprint density at radius 2 is 1.04 bits per heavy atom. The molecule has 0 unspecified atom stereocenters. The molecule has 0 aliphatic rings. The van der Waals surface area contributed by atoms with Crippen LogP contribution < -0.4 is 0 Å². The summed E-state index contributed by atoms with van der Waals surface area (Å²) in [7, 11) is -6.07. The molecule has 4 nitrogen and oxygen atoms in total. The molecule has 0 atom stereocenters. The van der Waals surface area contributed by atoms with E-state index in [1.807, 2.05) is 6.26 Å². The van der Waals surface area contributed by atoms with E-state index in [1.165, 1.54) is 51.4 Å². The molecule has 0 aromatic rings. The summed E-state index contributed by atoms with van der Waals surface area (Å²) in [5.41, 5.74) is 0. The van der Waals surface area contributed by atoms with Crippen molar-refractivity contribution < 1.29 is 16.6 Å². The number of hydrogen-bond acceptors (Lipinski definition) is 3. The molecule has 0 rings (SSSR count). The van der Waals surface area contributed by atoms with E-state index in [1.54, 1.807) is 0 Å². The largest absolute Gasteiger partial charge is 0.406 e. The zero-order valence-electron chi connectivity index (χ0n) is 15.4. The van der Waals surface area contributed by atoms with E-state index in [9.17, 15) is 8.42 Å². The predicted octanol–water partition coefficient (Wildman–Crippen LogP) is 5.88. The van der Waals surface area contributed by atoms with Crippen LogP contribution in [0.4, 0.5) is 0 Å². The third-order valence-electron chi connectivity index (χ3n) is 4.11. The highest BCUT2D eigenvalue weighted by Crippen LogP contribution is 2.48. The van der Waals surface area contributed by atoms with Crippen LogP contribution in [0, 0.1) is 0 Å². The normalized spacial score (nSPS) is 13.4. The van der Waals surface area contributed by atoms with Crippen molar-refractivity contribution >= 4 is 20.7 Å². The molecule has 142 valence electrons. The highest BCUT2D eigenvalue weighted by atomic mass is 32.3. The average Bonchev–Trinajstić information content (AvgIpc) is 2.44. The molecule has 0 saturated heterocycles. The van der Waals surface area contributed by atoms with Crippen molar-refractivity contribution in [3.8, 4) is 0 Å². The molecule has 1 N–H and O–H groups in total. The van der Waals surface area contributed by atoms with Crippen molar-refractivity contribution in [1.29, 1.82) is 0 Å². The second-order valence-corrected chi connectivity index (χ2v) is 11.2. The van der Waals surface area contributed by atoms with Crippen LogP contribution in [-0.4, -0.2) is 30.7 Å². The molecule has 0 saturated carbocycles. The minimum absolute atomic E-state index is 0.772. The van der Waals surface area contributed by atoms with E-state index in [-0.39, 0.29) is 0 Å². The van der Waals surface area contributed by atoms with Crippen molar-refractivity contribution in [3.63, 3.8) is 0 Å². The second kappa shape index (κ2) is 13.5. The monoisotopic (exact) mass is 370 g/mol. The van der Waals surface area contributed by atoms with Gasteiger partial charge in [-0.05, 0) is 19.1 Å². The first kappa shape index (κ1) is 23.2. The first-order valence-electron chi connectivity index (χ1n) is 9.25. The maximum atomic E-state index is 11.1. The van der Waals surface area contributed by atoms with Crippen LogP contribution in [-0.2, 0) is 14.0 Å². The van der Waals surface area contributed by atoms with Gasteiger partial charge in [0.1, 0.15) is 0 Å². The summed E-state index contributed by atoms with van der Waals surface area (Å²) in [5, 5.41) is 0. The molecule has 0 aromatic carbocycles. The minimum atomic E-state index is -4.35. The number of unbranched alkanes of at least 4 members (excludes halogenated alkanes) is 10. The fourth-order valence-electron chi connectivity index (χ4n) is 2.75. The van der Waals surface area contributed by atoms with E-state index in [4.69, 9.17) is 8.18 Å². The fraction of sp³-hybridized carbons (Fsp3) is 1.00. The van der Waals surface area contributed by atoms with Crippen LogP contribution in [0.15, 0.2) is 0 Å². The van der Waals surface area contributed by atoms with Crippen LogP contribution in [0.5, 0.6) is 0 Å². The van der Waals surface area contributed by atoms with Gasteiger partial charge in [-0.3, -0.25) is 4.55 Å². The topological polar surface area (TPSA) is 63.6 Å². The van der Waals surface area contributed by atoms with E-state index in [2.05, 4.69) is 13.8 Å². The molecule has 0 bridgehead atoms. The van der Waals surface area contributed by atoms with Crippen LogP contribution in [0.1, 0.15) is 90.9 Å². The van der Waals surface area contributed by atoms with Gasteiger partial charge >= 0.3 is 10.4 Å². The Morgan fingerprint density at radius 1 is 0.696 bits per heavy atom. The highest BCUT2D eigenvalue weighted by molar-refractivity contribution is 8.32. The second-order valence-electron chi connectivity index (χ2n) is 6.62. The third-order valence-corrected chi connectivity index (χ3v) is 8.42. The van der Waals surface area contributed by atoms with Gasteiger partial charge in [-0.2, -0.15) is 12.0 Å². The Labute approximate surface area is 146 Å². The van der Waals surface area contributed by atoms with E-state index in [0.29, 0.717) is 0 Å². The van der Waals surface area contributed by atoms with Crippen molar-refractivity contribution in [2.75, 3.05) is 17.8 Å². The summed E-state index contributed by atoms with van der Waals surface area (Å²) in [6, 6.07) is 0. The lowest BCUT2D eigenvalue weighted by molar-refractivity contribution is 0.401. The number of hydrogen-bond donors (Lipinski definition) is 1. The molecular formula is C17H38O4S2. The fourth-order valence-corrected chi connectivity index (χ4v) is 6.79. The summed E-state index contributed by atoms with van der Waals surface area (Å²) in [5.74, 6) is 1.54. The van der Waals surface area contributed by atoms with Gasteiger partial charge in [0.05, 0.1) is 0 Å². The maximum Gasteiger partial charge on any atom is 0.406 e. The smallest absolute Gasteiger partial charge is 0.263 e. The van der Waals surface area contributed by atoms with Crippen LogP contribution in [0.2, 0.25) is 0 Å². The lowest BCUT2D eigenvalue weighted by Gasteiger charge is -2.33. The van der Waals surface area contributed by atoms with E-state index >= 15 is 0 Å². The lowest BCUT2D eigenvalue weighted by Crippen LogP contribution is -2.16. The maximum absolute atomic E-state index is 11.1. The molecule has 0 aliphatic carbocycles. The summed E-state index contributed by atoms with van der Waals surface area (Å²) < 4.78 is 36.5. The van der Waals surface area contributed by atoms with Crippen molar-refractivity contribution in [3.05, 3.63) is 0 Å². The zero-order valence-corrected chi connectivity index (χ0v) is 17.0. The van der Waals surface area contributed by atoms with Gasteiger partial charge in [-0.1, -0.05) is 78.1 Å².